The van der Waals surface area contributed by atoms with Gasteiger partial charge >= 0.3 is 5.97 Å². The van der Waals surface area contributed by atoms with Gasteiger partial charge in [-0.25, -0.2) is 4.79 Å². The van der Waals surface area contributed by atoms with Gasteiger partial charge in [-0.1, -0.05) is 34.1 Å². The molecule has 1 N–H and O–H groups in total. The highest BCUT2D eigenvalue weighted by Crippen LogP contribution is 2.28. The number of nitrogens with zero attached hydrogens (tertiary/aromatic N) is 1. The molecule has 0 spiro atoms. The molecule has 1 aliphatic rings. The number of carbonyl (C=O) groups is 3. The molecule has 150 valence electrons. The summed E-state index contributed by atoms with van der Waals surface area (Å²) in [5.74, 6) is -1.07. The van der Waals surface area contributed by atoms with Crippen molar-refractivity contribution in [1.82, 2.24) is 0 Å². The highest BCUT2D eigenvalue weighted by atomic mass is 79.9. The Kier molecular flexibility index (Phi) is 6.82. The van der Waals surface area contributed by atoms with E-state index in [4.69, 9.17) is 4.74 Å². The second-order valence-electron chi connectivity index (χ2n) is 6.58. The lowest BCUT2D eigenvalue weighted by atomic mass is 10.1. The fraction of sp³-hybridized carbons (Fsp3) is 0.227. The summed E-state index contributed by atoms with van der Waals surface area (Å²) in [5, 5.41) is 2.86. The van der Waals surface area contributed by atoms with Gasteiger partial charge in [0.2, 0.25) is 11.8 Å². The number of hydrogen-bond acceptors (Lipinski definition) is 4. The van der Waals surface area contributed by atoms with Crippen molar-refractivity contribution >= 4 is 51.2 Å². The predicted octanol–water partition coefficient (Wildman–Crippen LogP) is 4.02. The minimum absolute atomic E-state index is 0.0669. The molecule has 1 atom stereocenters. The molecule has 0 aliphatic carbocycles. The van der Waals surface area contributed by atoms with Crippen LogP contribution in [-0.2, 0) is 19.1 Å². The Labute approximate surface area is 177 Å². The van der Waals surface area contributed by atoms with Crippen LogP contribution in [0.4, 0.5) is 11.4 Å². The Balaban J connectivity index is 1.59. The number of esters is 1. The third-order valence-corrected chi connectivity index (χ3v) is 4.99. The van der Waals surface area contributed by atoms with Crippen molar-refractivity contribution < 1.29 is 19.1 Å². The highest BCUT2D eigenvalue weighted by Gasteiger charge is 2.35. The Bertz CT molecular complexity index is 940. The van der Waals surface area contributed by atoms with Crippen LogP contribution in [0.5, 0.6) is 0 Å². The van der Waals surface area contributed by atoms with Crippen LogP contribution in [0.3, 0.4) is 0 Å². The average Bonchev–Trinajstić information content (AvgIpc) is 3.09. The molecule has 0 radical (unpaired) electrons. The lowest BCUT2D eigenvalue weighted by molar-refractivity contribution is -0.137. The van der Waals surface area contributed by atoms with Crippen LogP contribution in [0.1, 0.15) is 18.9 Å². The second kappa shape index (κ2) is 9.52. The summed E-state index contributed by atoms with van der Waals surface area (Å²) in [6, 6.07) is 14.6. The molecule has 7 heteroatoms. The van der Waals surface area contributed by atoms with E-state index in [-0.39, 0.29) is 18.2 Å². The normalized spacial score (nSPS) is 16.3. The summed E-state index contributed by atoms with van der Waals surface area (Å²) < 4.78 is 5.72. The van der Waals surface area contributed by atoms with Gasteiger partial charge in [0.1, 0.15) is 0 Å². The standard InChI is InChI=1S/C22H21BrN2O4/c1-2-29-21(27)11-8-15-6-9-18(10-7-15)24-22(28)16-12-20(26)25(14-16)19-5-3-4-17(23)13-19/h3-11,13,16H,2,12,14H2,1H3,(H,24,28). The first kappa shape index (κ1) is 20.8. The number of benzene rings is 2. The number of rotatable bonds is 6. The third kappa shape index (κ3) is 5.54. The topological polar surface area (TPSA) is 75.7 Å². The maximum atomic E-state index is 12.6. The Morgan fingerprint density at radius 1 is 1.24 bits per heavy atom. The van der Waals surface area contributed by atoms with Crippen molar-refractivity contribution in [3.63, 3.8) is 0 Å². The Morgan fingerprint density at radius 2 is 2.00 bits per heavy atom. The van der Waals surface area contributed by atoms with Crippen molar-refractivity contribution in [3.8, 4) is 0 Å². The molecular weight excluding hydrogens is 436 g/mol. The fourth-order valence-corrected chi connectivity index (χ4v) is 3.44. The van der Waals surface area contributed by atoms with Crippen molar-refractivity contribution in [2.45, 2.75) is 13.3 Å². The zero-order valence-corrected chi connectivity index (χ0v) is 17.5. The fourth-order valence-electron chi connectivity index (χ4n) is 3.05. The van der Waals surface area contributed by atoms with Gasteiger partial charge in [0, 0.05) is 34.9 Å². The molecule has 0 bridgehead atoms. The van der Waals surface area contributed by atoms with Crippen LogP contribution in [0.25, 0.3) is 6.08 Å². The van der Waals surface area contributed by atoms with E-state index in [0.717, 1.165) is 15.7 Å². The summed E-state index contributed by atoms with van der Waals surface area (Å²) >= 11 is 3.40. The van der Waals surface area contributed by atoms with Gasteiger partial charge in [-0.05, 0) is 48.9 Å². The van der Waals surface area contributed by atoms with Gasteiger partial charge < -0.3 is 15.0 Å². The molecule has 0 aromatic heterocycles. The molecule has 1 fully saturated rings. The van der Waals surface area contributed by atoms with E-state index < -0.39 is 11.9 Å². The van der Waals surface area contributed by atoms with Crippen LogP contribution >= 0.6 is 15.9 Å². The first-order valence-electron chi connectivity index (χ1n) is 9.28. The first-order chi connectivity index (χ1) is 14.0. The number of anilines is 2. The van der Waals surface area contributed by atoms with E-state index in [9.17, 15) is 14.4 Å². The van der Waals surface area contributed by atoms with E-state index in [0.29, 0.717) is 18.8 Å². The van der Waals surface area contributed by atoms with Crippen LogP contribution in [-0.4, -0.2) is 30.9 Å². The van der Waals surface area contributed by atoms with Gasteiger partial charge in [0.05, 0.1) is 12.5 Å². The average molecular weight is 457 g/mol. The van der Waals surface area contributed by atoms with E-state index in [1.165, 1.54) is 6.08 Å². The summed E-state index contributed by atoms with van der Waals surface area (Å²) in [6.45, 7) is 2.43. The van der Waals surface area contributed by atoms with Crippen molar-refractivity contribution in [1.29, 1.82) is 0 Å². The zero-order valence-electron chi connectivity index (χ0n) is 15.9. The number of carbonyl (C=O) groups excluding carboxylic acids is 3. The molecule has 1 unspecified atom stereocenters. The molecule has 1 aliphatic heterocycles. The van der Waals surface area contributed by atoms with Gasteiger partial charge in [-0.15, -0.1) is 0 Å². The Hall–Kier alpha value is -2.93. The number of amides is 2. The molecule has 2 amide bonds. The SMILES string of the molecule is CCOC(=O)C=Cc1ccc(NC(=O)C2CC(=O)N(c3cccc(Br)c3)C2)cc1. The lowest BCUT2D eigenvalue weighted by Crippen LogP contribution is -2.28. The minimum atomic E-state index is -0.412. The van der Waals surface area contributed by atoms with E-state index in [1.54, 1.807) is 42.2 Å². The van der Waals surface area contributed by atoms with Gasteiger partial charge in [0.25, 0.3) is 0 Å². The van der Waals surface area contributed by atoms with Gasteiger partial charge in [-0.3, -0.25) is 9.59 Å². The number of nitrogens with one attached hydrogen (secondary N) is 1. The number of halogens is 1. The summed E-state index contributed by atoms with van der Waals surface area (Å²) in [5.41, 5.74) is 2.22. The largest absolute Gasteiger partial charge is 0.463 e. The quantitative estimate of drug-likeness (QED) is 0.526. The van der Waals surface area contributed by atoms with E-state index in [2.05, 4.69) is 21.2 Å². The van der Waals surface area contributed by atoms with Crippen LogP contribution in [0.15, 0.2) is 59.1 Å². The molecule has 1 saturated heterocycles. The molecule has 29 heavy (non-hydrogen) atoms. The van der Waals surface area contributed by atoms with Gasteiger partial charge in [-0.2, -0.15) is 0 Å². The predicted molar refractivity (Wildman–Crippen MR) is 115 cm³/mol. The van der Waals surface area contributed by atoms with Crippen molar-refractivity contribution in [2.75, 3.05) is 23.4 Å². The van der Waals surface area contributed by atoms with Crippen molar-refractivity contribution in [3.05, 3.63) is 64.6 Å². The molecule has 1 heterocycles. The summed E-state index contributed by atoms with van der Waals surface area (Å²) in [4.78, 5) is 37.9. The first-order valence-corrected chi connectivity index (χ1v) is 10.1. The molecule has 6 nitrogen and oxygen atoms in total. The minimum Gasteiger partial charge on any atom is -0.463 e. The Morgan fingerprint density at radius 3 is 2.69 bits per heavy atom. The van der Waals surface area contributed by atoms with Crippen LogP contribution in [0.2, 0.25) is 0 Å². The summed E-state index contributed by atoms with van der Waals surface area (Å²) in [7, 11) is 0. The van der Waals surface area contributed by atoms with Crippen molar-refractivity contribution in [2.24, 2.45) is 5.92 Å². The molecular formula is C22H21BrN2O4. The lowest BCUT2D eigenvalue weighted by Gasteiger charge is -2.17. The summed E-state index contributed by atoms with van der Waals surface area (Å²) in [6.07, 6.45) is 3.19. The van der Waals surface area contributed by atoms with E-state index >= 15 is 0 Å². The zero-order chi connectivity index (χ0) is 20.8. The number of hydrogen-bond donors (Lipinski definition) is 1. The molecule has 0 saturated carbocycles. The van der Waals surface area contributed by atoms with Gasteiger partial charge in [0.15, 0.2) is 0 Å². The molecule has 2 aromatic carbocycles. The van der Waals surface area contributed by atoms with Crippen LogP contribution in [0, 0.1) is 5.92 Å². The highest BCUT2D eigenvalue weighted by molar-refractivity contribution is 9.10. The molecule has 3 rings (SSSR count). The third-order valence-electron chi connectivity index (χ3n) is 4.49. The maximum absolute atomic E-state index is 12.6. The second-order valence-corrected chi connectivity index (χ2v) is 7.50. The smallest absolute Gasteiger partial charge is 0.330 e. The van der Waals surface area contributed by atoms with Crippen LogP contribution < -0.4 is 10.2 Å². The molecule has 2 aromatic rings. The maximum Gasteiger partial charge on any atom is 0.330 e. The van der Waals surface area contributed by atoms with E-state index in [1.807, 2.05) is 24.3 Å². The number of ether oxygens (including phenoxy) is 1. The monoisotopic (exact) mass is 456 g/mol.